The highest BCUT2D eigenvalue weighted by Gasteiger charge is 2.16. The number of carbonyl (C=O) groups is 1. The second-order valence-electron chi connectivity index (χ2n) is 5.21. The maximum absolute atomic E-state index is 12.6. The smallest absolute Gasteiger partial charge is 0.261 e. The number of para-hydroxylation sites is 1. The van der Waals surface area contributed by atoms with Crippen molar-refractivity contribution in [2.45, 2.75) is 13.5 Å². The number of benzene rings is 1. The van der Waals surface area contributed by atoms with Crippen LogP contribution in [0.4, 0.5) is 11.5 Å². The number of hydrogen-bond acceptors (Lipinski definition) is 5. The lowest BCUT2D eigenvalue weighted by Gasteiger charge is -2.13. The molecule has 0 aliphatic rings. The number of rotatable bonds is 5. The monoisotopic (exact) mass is 319 g/mol. The summed E-state index contributed by atoms with van der Waals surface area (Å²) in [6.45, 7) is 2.34. The molecule has 2 heterocycles. The molecular formula is C18H17N5O. The summed E-state index contributed by atoms with van der Waals surface area (Å²) in [5.74, 6) is 0.268. The Morgan fingerprint density at radius 1 is 1.04 bits per heavy atom. The van der Waals surface area contributed by atoms with Gasteiger partial charge >= 0.3 is 0 Å². The maximum Gasteiger partial charge on any atom is 0.261 e. The molecule has 0 radical (unpaired) electrons. The molecule has 2 N–H and O–H groups in total. The lowest BCUT2D eigenvalue weighted by atomic mass is 10.2. The summed E-state index contributed by atoms with van der Waals surface area (Å²) in [5, 5.41) is 6.07. The van der Waals surface area contributed by atoms with Crippen LogP contribution < -0.4 is 10.6 Å². The molecule has 120 valence electrons. The van der Waals surface area contributed by atoms with Gasteiger partial charge in [-0.3, -0.25) is 9.78 Å². The molecule has 0 aliphatic heterocycles. The van der Waals surface area contributed by atoms with Crippen LogP contribution in [0.3, 0.4) is 0 Å². The number of nitrogens with one attached hydrogen (secondary N) is 2. The molecule has 3 rings (SSSR count). The highest BCUT2D eigenvalue weighted by Crippen LogP contribution is 2.18. The summed E-state index contributed by atoms with van der Waals surface area (Å²) in [5.41, 5.74) is 2.84. The van der Waals surface area contributed by atoms with Gasteiger partial charge in [0.05, 0.1) is 5.69 Å². The standard InChI is InChI=1S/C18H17N5O/c1-13-16(18(24)23-15-5-3-2-4-6-15)17(22-12-21-13)20-11-14-7-9-19-10-8-14/h2-10,12H,11H2,1H3,(H,23,24)(H,20,21,22). The molecule has 0 aliphatic carbocycles. The van der Waals surface area contributed by atoms with E-state index >= 15 is 0 Å². The van der Waals surface area contributed by atoms with Crippen LogP contribution in [0.25, 0.3) is 0 Å². The first-order chi connectivity index (χ1) is 11.7. The molecule has 3 aromatic rings. The Kier molecular flexibility index (Phi) is 4.76. The summed E-state index contributed by atoms with van der Waals surface area (Å²) < 4.78 is 0. The van der Waals surface area contributed by atoms with Crippen molar-refractivity contribution in [1.29, 1.82) is 0 Å². The van der Waals surface area contributed by atoms with Crippen LogP contribution in [-0.2, 0) is 6.54 Å². The van der Waals surface area contributed by atoms with Crippen molar-refractivity contribution < 1.29 is 4.79 Å². The van der Waals surface area contributed by atoms with Crippen LogP contribution in [0.2, 0.25) is 0 Å². The highest BCUT2D eigenvalue weighted by atomic mass is 16.1. The van der Waals surface area contributed by atoms with Gasteiger partial charge in [0, 0.05) is 24.6 Å². The van der Waals surface area contributed by atoms with Crippen LogP contribution >= 0.6 is 0 Å². The van der Waals surface area contributed by atoms with Gasteiger partial charge in [0.25, 0.3) is 5.91 Å². The SMILES string of the molecule is Cc1ncnc(NCc2ccncc2)c1C(=O)Nc1ccccc1. The first-order valence-electron chi connectivity index (χ1n) is 7.55. The van der Waals surface area contributed by atoms with Crippen molar-refractivity contribution >= 4 is 17.4 Å². The van der Waals surface area contributed by atoms with Gasteiger partial charge in [-0.25, -0.2) is 9.97 Å². The zero-order valence-electron chi connectivity index (χ0n) is 13.2. The summed E-state index contributed by atoms with van der Waals surface area (Å²) >= 11 is 0. The molecule has 0 saturated heterocycles. The van der Waals surface area contributed by atoms with E-state index in [9.17, 15) is 4.79 Å². The third kappa shape index (κ3) is 3.73. The van der Waals surface area contributed by atoms with E-state index in [4.69, 9.17) is 0 Å². The fourth-order valence-corrected chi connectivity index (χ4v) is 2.28. The first kappa shape index (κ1) is 15.6. The minimum absolute atomic E-state index is 0.239. The van der Waals surface area contributed by atoms with Gasteiger partial charge in [-0.2, -0.15) is 0 Å². The van der Waals surface area contributed by atoms with Crippen LogP contribution in [0.1, 0.15) is 21.6 Å². The molecule has 2 aromatic heterocycles. The molecule has 6 heteroatoms. The Morgan fingerprint density at radius 2 is 1.79 bits per heavy atom. The number of anilines is 2. The number of hydrogen-bond donors (Lipinski definition) is 2. The van der Waals surface area contributed by atoms with Gasteiger partial charge in [-0.1, -0.05) is 18.2 Å². The number of pyridine rings is 1. The predicted octanol–water partition coefficient (Wildman–Crippen LogP) is 3.04. The average molecular weight is 319 g/mol. The van der Waals surface area contributed by atoms with Gasteiger partial charge in [0.15, 0.2) is 0 Å². The minimum atomic E-state index is -0.239. The molecule has 0 fully saturated rings. The van der Waals surface area contributed by atoms with Crippen LogP contribution in [-0.4, -0.2) is 20.9 Å². The summed E-state index contributed by atoms with van der Waals surface area (Å²) in [4.78, 5) is 25.0. The molecule has 0 saturated carbocycles. The zero-order chi connectivity index (χ0) is 16.8. The lowest BCUT2D eigenvalue weighted by molar-refractivity contribution is 0.102. The largest absolute Gasteiger partial charge is 0.365 e. The molecular weight excluding hydrogens is 302 g/mol. The molecule has 0 bridgehead atoms. The fraction of sp³-hybridized carbons (Fsp3) is 0.111. The molecule has 1 aromatic carbocycles. The summed E-state index contributed by atoms with van der Waals surface area (Å²) in [6, 6.07) is 13.1. The summed E-state index contributed by atoms with van der Waals surface area (Å²) in [7, 11) is 0. The Bertz CT molecular complexity index is 821. The fourth-order valence-electron chi connectivity index (χ4n) is 2.28. The normalized spacial score (nSPS) is 10.2. The highest BCUT2D eigenvalue weighted by molar-refractivity contribution is 6.08. The van der Waals surface area contributed by atoms with Gasteiger partial charge in [0.1, 0.15) is 17.7 Å². The van der Waals surface area contributed by atoms with Crippen molar-refractivity contribution in [3.63, 3.8) is 0 Å². The number of nitrogens with zero attached hydrogens (tertiary/aromatic N) is 3. The van der Waals surface area contributed by atoms with E-state index in [0.29, 0.717) is 23.6 Å². The lowest BCUT2D eigenvalue weighted by Crippen LogP contribution is -2.18. The van der Waals surface area contributed by atoms with E-state index in [-0.39, 0.29) is 5.91 Å². The molecule has 6 nitrogen and oxygen atoms in total. The van der Waals surface area contributed by atoms with E-state index in [1.807, 2.05) is 42.5 Å². The number of aryl methyl sites for hydroxylation is 1. The second kappa shape index (κ2) is 7.32. The van der Waals surface area contributed by atoms with Crippen LogP contribution in [0, 0.1) is 6.92 Å². The predicted molar refractivity (Wildman–Crippen MR) is 92.7 cm³/mol. The van der Waals surface area contributed by atoms with Crippen molar-refractivity contribution in [3.8, 4) is 0 Å². The van der Waals surface area contributed by atoms with Gasteiger partial charge in [0.2, 0.25) is 0 Å². The second-order valence-corrected chi connectivity index (χ2v) is 5.21. The van der Waals surface area contributed by atoms with Gasteiger partial charge in [-0.15, -0.1) is 0 Å². The first-order valence-corrected chi connectivity index (χ1v) is 7.55. The Morgan fingerprint density at radius 3 is 2.54 bits per heavy atom. The Balaban J connectivity index is 1.80. The number of aromatic nitrogens is 3. The molecule has 0 unspecified atom stereocenters. The molecule has 1 amide bonds. The van der Waals surface area contributed by atoms with Crippen molar-refractivity contribution in [3.05, 3.63) is 78.0 Å². The Hall–Kier alpha value is -3.28. The minimum Gasteiger partial charge on any atom is -0.365 e. The molecule has 0 spiro atoms. The maximum atomic E-state index is 12.6. The third-order valence-corrected chi connectivity index (χ3v) is 3.50. The van der Waals surface area contributed by atoms with Crippen molar-refractivity contribution in [2.75, 3.05) is 10.6 Å². The van der Waals surface area contributed by atoms with E-state index < -0.39 is 0 Å². The van der Waals surface area contributed by atoms with E-state index in [0.717, 1.165) is 11.3 Å². The summed E-state index contributed by atoms with van der Waals surface area (Å²) in [6.07, 6.45) is 4.90. The van der Waals surface area contributed by atoms with Gasteiger partial charge < -0.3 is 10.6 Å². The zero-order valence-corrected chi connectivity index (χ0v) is 13.2. The van der Waals surface area contributed by atoms with Crippen molar-refractivity contribution in [1.82, 2.24) is 15.0 Å². The third-order valence-electron chi connectivity index (χ3n) is 3.50. The number of carbonyl (C=O) groups excluding carboxylic acids is 1. The topological polar surface area (TPSA) is 79.8 Å². The van der Waals surface area contributed by atoms with E-state index in [2.05, 4.69) is 25.6 Å². The van der Waals surface area contributed by atoms with E-state index in [1.54, 1.807) is 19.3 Å². The van der Waals surface area contributed by atoms with Crippen LogP contribution in [0.5, 0.6) is 0 Å². The Labute approximate surface area is 140 Å². The number of amides is 1. The van der Waals surface area contributed by atoms with Crippen molar-refractivity contribution in [2.24, 2.45) is 0 Å². The van der Waals surface area contributed by atoms with E-state index in [1.165, 1.54) is 6.33 Å². The van der Waals surface area contributed by atoms with Crippen LogP contribution in [0.15, 0.2) is 61.2 Å². The quantitative estimate of drug-likeness (QED) is 0.755. The average Bonchev–Trinajstić information content (AvgIpc) is 2.61. The molecule has 24 heavy (non-hydrogen) atoms. The van der Waals surface area contributed by atoms with Gasteiger partial charge in [-0.05, 0) is 36.8 Å². The molecule has 0 atom stereocenters.